The van der Waals surface area contributed by atoms with Crippen LogP contribution in [-0.4, -0.2) is 10.4 Å². The fourth-order valence-electron chi connectivity index (χ4n) is 1.44. The first-order chi connectivity index (χ1) is 6.25. The standard InChI is InChI=1S/C11H14ClN/c1-8-2-5-10(13-7-8)6-11(12)9-3-4-9/h2,5,7,9,11H,3-4,6H2,1H3. The molecule has 0 aliphatic heterocycles. The van der Waals surface area contributed by atoms with Gasteiger partial charge in [-0.1, -0.05) is 6.07 Å². The van der Waals surface area contributed by atoms with E-state index in [1.54, 1.807) is 0 Å². The minimum Gasteiger partial charge on any atom is -0.261 e. The van der Waals surface area contributed by atoms with Crippen LogP contribution in [0.4, 0.5) is 0 Å². The summed E-state index contributed by atoms with van der Waals surface area (Å²) in [5.74, 6) is 0.754. The summed E-state index contributed by atoms with van der Waals surface area (Å²) in [5, 5.41) is 0.301. The summed E-state index contributed by atoms with van der Waals surface area (Å²) < 4.78 is 0. The van der Waals surface area contributed by atoms with Crippen LogP contribution in [0.25, 0.3) is 0 Å². The highest BCUT2D eigenvalue weighted by Gasteiger charge is 2.29. The summed E-state index contributed by atoms with van der Waals surface area (Å²) in [7, 11) is 0. The Hall–Kier alpha value is -0.560. The minimum absolute atomic E-state index is 0.301. The normalized spacial score (nSPS) is 18.6. The summed E-state index contributed by atoms with van der Waals surface area (Å²) in [6, 6.07) is 4.17. The van der Waals surface area contributed by atoms with Crippen molar-refractivity contribution in [2.75, 3.05) is 0 Å². The maximum atomic E-state index is 6.21. The van der Waals surface area contributed by atoms with Crippen molar-refractivity contribution in [3.05, 3.63) is 29.6 Å². The Morgan fingerprint density at radius 2 is 2.31 bits per heavy atom. The van der Waals surface area contributed by atoms with Crippen LogP contribution < -0.4 is 0 Å². The smallest absolute Gasteiger partial charge is 0.0419 e. The molecule has 0 radical (unpaired) electrons. The molecule has 0 spiro atoms. The van der Waals surface area contributed by atoms with E-state index in [9.17, 15) is 0 Å². The molecule has 1 aromatic heterocycles. The van der Waals surface area contributed by atoms with E-state index >= 15 is 0 Å². The molecule has 1 fully saturated rings. The van der Waals surface area contributed by atoms with Crippen molar-refractivity contribution in [2.24, 2.45) is 5.92 Å². The van der Waals surface area contributed by atoms with E-state index in [-0.39, 0.29) is 0 Å². The quantitative estimate of drug-likeness (QED) is 0.676. The average molecular weight is 196 g/mol. The van der Waals surface area contributed by atoms with Gasteiger partial charge in [0.05, 0.1) is 0 Å². The van der Waals surface area contributed by atoms with Gasteiger partial charge in [-0.2, -0.15) is 0 Å². The topological polar surface area (TPSA) is 12.9 Å². The third-order valence-electron chi connectivity index (χ3n) is 2.51. The predicted molar refractivity (Wildman–Crippen MR) is 55.0 cm³/mol. The maximum Gasteiger partial charge on any atom is 0.0419 e. The number of halogens is 1. The summed E-state index contributed by atoms with van der Waals surface area (Å²) in [6.07, 6.45) is 5.44. The highest BCUT2D eigenvalue weighted by molar-refractivity contribution is 6.21. The van der Waals surface area contributed by atoms with Gasteiger partial charge in [0.25, 0.3) is 0 Å². The van der Waals surface area contributed by atoms with Crippen molar-refractivity contribution >= 4 is 11.6 Å². The number of alkyl halides is 1. The van der Waals surface area contributed by atoms with Crippen LogP contribution in [-0.2, 0) is 6.42 Å². The number of rotatable bonds is 3. The molecule has 0 saturated heterocycles. The maximum absolute atomic E-state index is 6.21. The molecule has 1 saturated carbocycles. The molecule has 70 valence electrons. The van der Waals surface area contributed by atoms with Crippen molar-refractivity contribution in [1.29, 1.82) is 0 Å². The fraction of sp³-hybridized carbons (Fsp3) is 0.545. The number of pyridine rings is 1. The summed E-state index contributed by atoms with van der Waals surface area (Å²) in [4.78, 5) is 4.34. The third kappa shape index (κ3) is 2.44. The van der Waals surface area contributed by atoms with Gasteiger partial charge in [-0.3, -0.25) is 4.98 Å². The zero-order valence-electron chi connectivity index (χ0n) is 7.83. The molecule has 1 heterocycles. The van der Waals surface area contributed by atoms with Crippen LogP contribution in [0.15, 0.2) is 18.3 Å². The zero-order valence-corrected chi connectivity index (χ0v) is 8.59. The number of hydrogen-bond acceptors (Lipinski definition) is 1. The lowest BCUT2D eigenvalue weighted by molar-refractivity contribution is 0.724. The average Bonchev–Trinajstić information content (AvgIpc) is 2.91. The van der Waals surface area contributed by atoms with Crippen molar-refractivity contribution in [3.63, 3.8) is 0 Å². The lowest BCUT2D eigenvalue weighted by Crippen LogP contribution is -2.06. The highest BCUT2D eigenvalue weighted by Crippen LogP contribution is 2.36. The van der Waals surface area contributed by atoms with E-state index in [0.29, 0.717) is 5.38 Å². The molecule has 1 aliphatic carbocycles. The van der Waals surface area contributed by atoms with Gasteiger partial charge in [0.15, 0.2) is 0 Å². The third-order valence-corrected chi connectivity index (χ3v) is 3.02. The van der Waals surface area contributed by atoms with Crippen molar-refractivity contribution < 1.29 is 0 Å². The lowest BCUT2D eigenvalue weighted by Gasteiger charge is -2.06. The van der Waals surface area contributed by atoms with E-state index in [1.165, 1.54) is 18.4 Å². The zero-order chi connectivity index (χ0) is 9.26. The summed E-state index contributed by atoms with van der Waals surface area (Å²) in [6.45, 7) is 2.05. The molecule has 1 atom stereocenters. The number of hydrogen-bond donors (Lipinski definition) is 0. The van der Waals surface area contributed by atoms with Crippen molar-refractivity contribution in [2.45, 2.75) is 31.6 Å². The highest BCUT2D eigenvalue weighted by atomic mass is 35.5. The first kappa shape index (κ1) is 9.01. The Kier molecular flexibility index (Phi) is 2.54. The Balaban J connectivity index is 1.96. The van der Waals surface area contributed by atoms with Crippen LogP contribution in [0.1, 0.15) is 24.1 Å². The number of aromatic nitrogens is 1. The fourth-order valence-corrected chi connectivity index (χ4v) is 1.85. The molecule has 2 rings (SSSR count). The predicted octanol–water partition coefficient (Wildman–Crippen LogP) is 2.95. The van der Waals surface area contributed by atoms with Gasteiger partial charge in [0, 0.05) is 23.7 Å². The van der Waals surface area contributed by atoms with Gasteiger partial charge in [0.2, 0.25) is 0 Å². The lowest BCUT2D eigenvalue weighted by atomic mass is 10.1. The van der Waals surface area contributed by atoms with Crippen LogP contribution in [0, 0.1) is 12.8 Å². The first-order valence-corrected chi connectivity index (χ1v) is 5.25. The molecule has 1 unspecified atom stereocenters. The van der Waals surface area contributed by atoms with E-state index in [0.717, 1.165) is 18.0 Å². The number of nitrogens with zero attached hydrogens (tertiary/aromatic N) is 1. The molecular weight excluding hydrogens is 182 g/mol. The molecule has 1 aliphatic rings. The molecule has 1 nitrogen and oxygen atoms in total. The molecule has 13 heavy (non-hydrogen) atoms. The largest absolute Gasteiger partial charge is 0.261 e. The van der Waals surface area contributed by atoms with Gasteiger partial charge in [-0.15, -0.1) is 11.6 Å². The van der Waals surface area contributed by atoms with Gasteiger partial charge < -0.3 is 0 Å². The second kappa shape index (κ2) is 3.67. The molecule has 2 heteroatoms. The monoisotopic (exact) mass is 195 g/mol. The van der Waals surface area contributed by atoms with Crippen LogP contribution >= 0.6 is 11.6 Å². The van der Waals surface area contributed by atoms with E-state index in [2.05, 4.69) is 24.0 Å². The Bertz CT molecular complexity index is 277. The second-order valence-electron chi connectivity index (χ2n) is 3.88. The number of aryl methyl sites for hydroxylation is 1. The SMILES string of the molecule is Cc1ccc(CC(Cl)C2CC2)nc1. The minimum atomic E-state index is 0.301. The van der Waals surface area contributed by atoms with Crippen molar-refractivity contribution in [1.82, 2.24) is 4.98 Å². The Labute approximate surface area is 84.1 Å². The van der Waals surface area contributed by atoms with Gasteiger partial charge in [-0.05, 0) is 37.3 Å². The molecule has 0 aromatic carbocycles. The van der Waals surface area contributed by atoms with Crippen molar-refractivity contribution in [3.8, 4) is 0 Å². The van der Waals surface area contributed by atoms with Crippen LogP contribution in [0.5, 0.6) is 0 Å². The Morgan fingerprint density at radius 3 is 2.85 bits per heavy atom. The van der Waals surface area contributed by atoms with Gasteiger partial charge in [0.1, 0.15) is 0 Å². The van der Waals surface area contributed by atoms with E-state index < -0.39 is 0 Å². The van der Waals surface area contributed by atoms with Gasteiger partial charge in [-0.25, -0.2) is 0 Å². The molecule has 0 N–H and O–H groups in total. The second-order valence-corrected chi connectivity index (χ2v) is 4.45. The molecule has 1 aromatic rings. The summed E-state index contributed by atoms with van der Waals surface area (Å²) in [5.41, 5.74) is 2.33. The summed E-state index contributed by atoms with van der Waals surface area (Å²) >= 11 is 6.21. The molecule has 0 bridgehead atoms. The van der Waals surface area contributed by atoms with Crippen LogP contribution in [0.3, 0.4) is 0 Å². The van der Waals surface area contributed by atoms with E-state index in [4.69, 9.17) is 11.6 Å². The van der Waals surface area contributed by atoms with E-state index in [1.807, 2.05) is 6.20 Å². The van der Waals surface area contributed by atoms with Crippen LogP contribution in [0.2, 0.25) is 0 Å². The first-order valence-electron chi connectivity index (χ1n) is 4.81. The molecular formula is C11H14ClN. The van der Waals surface area contributed by atoms with Gasteiger partial charge >= 0.3 is 0 Å². The molecule has 0 amide bonds. The Morgan fingerprint density at radius 1 is 1.54 bits per heavy atom.